The van der Waals surface area contributed by atoms with Crippen LogP contribution in [0, 0.1) is 30.6 Å². The van der Waals surface area contributed by atoms with Gasteiger partial charge in [0.05, 0.1) is 6.61 Å². The molecular weight excluding hydrogens is 448 g/mol. The topological polar surface area (TPSA) is 59.6 Å². The van der Waals surface area contributed by atoms with Crippen molar-refractivity contribution in [2.45, 2.75) is 58.5 Å². The van der Waals surface area contributed by atoms with Crippen LogP contribution in [0.15, 0.2) is 36.4 Å². The van der Waals surface area contributed by atoms with Crippen molar-refractivity contribution in [2.75, 3.05) is 18.5 Å². The zero-order chi connectivity index (χ0) is 23.7. The molecule has 0 radical (unpaired) electrons. The molecule has 2 aromatic carbocycles. The normalized spacial score (nSPS) is 27.0. The zero-order valence-electron chi connectivity index (χ0n) is 20.1. The molecule has 2 N–H and O–H groups in total. The van der Waals surface area contributed by atoms with Crippen LogP contribution in [0.4, 0.5) is 5.69 Å². The van der Waals surface area contributed by atoms with E-state index in [2.05, 4.69) is 10.6 Å². The molecule has 0 aliphatic heterocycles. The van der Waals surface area contributed by atoms with Crippen LogP contribution in [0.25, 0.3) is 0 Å². The lowest BCUT2D eigenvalue weighted by molar-refractivity contribution is -0.118. The third kappa shape index (κ3) is 5.21. The summed E-state index contributed by atoms with van der Waals surface area (Å²) in [5.74, 6) is 4.45. The summed E-state index contributed by atoms with van der Waals surface area (Å²) in [5.41, 5.74) is 2.90. The fraction of sp³-hybridized carbons (Fsp3) is 0.536. The third-order valence-electron chi connectivity index (χ3n) is 7.86. The van der Waals surface area contributed by atoms with Gasteiger partial charge in [-0.2, -0.15) is 0 Å². The van der Waals surface area contributed by atoms with Gasteiger partial charge in [0, 0.05) is 29.4 Å². The van der Waals surface area contributed by atoms with Crippen molar-refractivity contribution in [3.05, 3.63) is 52.5 Å². The number of amides is 1. The van der Waals surface area contributed by atoms with Crippen molar-refractivity contribution < 1.29 is 14.3 Å². The number of benzene rings is 2. The highest BCUT2D eigenvalue weighted by Gasteiger charge is 2.47. The van der Waals surface area contributed by atoms with Gasteiger partial charge in [0.2, 0.25) is 0 Å². The molecule has 0 aromatic heterocycles. The molecule has 6 rings (SSSR count). The van der Waals surface area contributed by atoms with E-state index in [-0.39, 0.29) is 12.5 Å². The van der Waals surface area contributed by atoms with Crippen LogP contribution >= 0.6 is 11.6 Å². The van der Waals surface area contributed by atoms with Crippen molar-refractivity contribution >= 4 is 23.2 Å². The SMILES string of the molecule is CCOc1cc(CNC2C3CC4CC(C3)CC2C4)c(Cl)cc1OCC(=O)Nc1ccc(C)cc1. The van der Waals surface area contributed by atoms with Crippen LogP contribution in [-0.2, 0) is 11.3 Å². The molecule has 4 bridgehead atoms. The maximum absolute atomic E-state index is 12.4. The van der Waals surface area contributed by atoms with Crippen LogP contribution < -0.4 is 20.1 Å². The number of halogens is 1. The second-order valence-electron chi connectivity index (χ2n) is 10.4. The number of carbonyl (C=O) groups is 1. The van der Waals surface area contributed by atoms with Crippen LogP contribution in [0.1, 0.15) is 50.2 Å². The predicted octanol–water partition coefficient (Wildman–Crippen LogP) is 5.98. The van der Waals surface area contributed by atoms with Crippen molar-refractivity contribution in [1.82, 2.24) is 5.32 Å². The van der Waals surface area contributed by atoms with Gasteiger partial charge in [-0.15, -0.1) is 0 Å². The van der Waals surface area contributed by atoms with Gasteiger partial charge < -0.3 is 20.1 Å². The second-order valence-corrected chi connectivity index (χ2v) is 10.8. The van der Waals surface area contributed by atoms with Gasteiger partial charge in [-0.3, -0.25) is 4.79 Å². The summed E-state index contributed by atoms with van der Waals surface area (Å²) < 4.78 is 11.7. The maximum Gasteiger partial charge on any atom is 0.262 e. The Morgan fingerprint density at radius 3 is 2.26 bits per heavy atom. The molecule has 34 heavy (non-hydrogen) atoms. The van der Waals surface area contributed by atoms with Crippen LogP contribution in [0.3, 0.4) is 0 Å². The lowest BCUT2D eigenvalue weighted by Gasteiger charge is -2.54. The van der Waals surface area contributed by atoms with E-state index in [4.69, 9.17) is 21.1 Å². The first-order valence-electron chi connectivity index (χ1n) is 12.7. The average Bonchev–Trinajstić information content (AvgIpc) is 2.80. The average molecular weight is 483 g/mol. The van der Waals surface area contributed by atoms with Gasteiger partial charge in [-0.1, -0.05) is 29.3 Å². The molecule has 0 spiro atoms. The first-order valence-corrected chi connectivity index (χ1v) is 13.0. The summed E-state index contributed by atoms with van der Waals surface area (Å²) in [6.07, 6.45) is 7.02. The molecule has 0 unspecified atom stereocenters. The fourth-order valence-electron chi connectivity index (χ4n) is 6.56. The quantitative estimate of drug-likeness (QED) is 0.461. The largest absolute Gasteiger partial charge is 0.490 e. The summed E-state index contributed by atoms with van der Waals surface area (Å²) >= 11 is 6.65. The Labute approximate surface area is 207 Å². The monoisotopic (exact) mass is 482 g/mol. The van der Waals surface area contributed by atoms with Crippen LogP contribution in [0.2, 0.25) is 5.02 Å². The highest BCUT2D eigenvalue weighted by atomic mass is 35.5. The van der Waals surface area contributed by atoms with Crippen LogP contribution in [-0.4, -0.2) is 25.2 Å². The molecule has 4 fully saturated rings. The van der Waals surface area contributed by atoms with E-state index in [1.54, 1.807) is 6.07 Å². The standard InChI is InChI=1S/C28H35ClN2O3/c1-3-33-25-13-22(15-30-28-20-9-18-8-19(11-20)12-21(28)10-18)24(29)14-26(25)34-16-27(32)31-23-6-4-17(2)5-7-23/h4-7,13-14,18-21,28,30H,3,8-12,15-16H2,1-2H3,(H,31,32). The number of carbonyl (C=O) groups excluding carboxylic acids is 1. The molecule has 4 aliphatic rings. The van der Waals surface area contributed by atoms with Crippen molar-refractivity contribution in [2.24, 2.45) is 23.7 Å². The molecular formula is C28H35ClN2O3. The Bertz CT molecular complexity index is 995. The Kier molecular flexibility index (Phi) is 7.03. The molecule has 0 heterocycles. The molecule has 6 heteroatoms. The lowest BCUT2D eigenvalue weighted by atomic mass is 9.54. The molecule has 4 saturated carbocycles. The van der Waals surface area contributed by atoms with Gasteiger partial charge in [-0.05, 0) is 93.4 Å². The van der Waals surface area contributed by atoms with E-state index in [0.717, 1.165) is 47.0 Å². The number of nitrogens with one attached hydrogen (secondary N) is 2. The summed E-state index contributed by atoms with van der Waals surface area (Å²) in [6, 6.07) is 12.0. The molecule has 2 aromatic rings. The third-order valence-corrected chi connectivity index (χ3v) is 8.21. The number of rotatable bonds is 9. The minimum Gasteiger partial charge on any atom is -0.490 e. The Hall–Kier alpha value is -2.24. The number of anilines is 1. The van der Waals surface area contributed by atoms with Gasteiger partial charge in [-0.25, -0.2) is 0 Å². The Morgan fingerprint density at radius 1 is 0.971 bits per heavy atom. The minimum atomic E-state index is -0.227. The fourth-order valence-corrected chi connectivity index (χ4v) is 6.78. The predicted molar refractivity (Wildman–Crippen MR) is 136 cm³/mol. The zero-order valence-corrected chi connectivity index (χ0v) is 20.9. The summed E-state index contributed by atoms with van der Waals surface area (Å²) in [6.45, 7) is 5.07. The molecule has 182 valence electrons. The van der Waals surface area contributed by atoms with Gasteiger partial charge in [0.15, 0.2) is 18.1 Å². The van der Waals surface area contributed by atoms with Crippen molar-refractivity contribution in [3.63, 3.8) is 0 Å². The van der Waals surface area contributed by atoms with E-state index < -0.39 is 0 Å². The highest BCUT2D eigenvalue weighted by Crippen LogP contribution is 2.53. The molecule has 1 amide bonds. The van der Waals surface area contributed by atoms with Crippen molar-refractivity contribution in [3.8, 4) is 11.5 Å². The smallest absolute Gasteiger partial charge is 0.262 e. The van der Waals surface area contributed by atoms with E-state index in [9.17, 15) is 4.79 Å². The number of hydrogen-bond donors (Lipinski definition) is 2. The second kappa shape index (κ2) is 10.2. The maximum atomic E-state index is 12.4. The van der Waals surface area contributed by atoms with E-state index in [1.807, 2.05) is 44.2 Å². The van der Waals surface area contributed by atoms with E-state index in [0.29, 0.717) is 29.2 Å². The first kappa shape index (κ1) is 23.5. The summed E-state index contributed by atoms with van der Waals surface area (Å²) in [4.78, 5) is 12.4. The number of aryl methyl sites for hydroxylation is 1. The van der Waals surface area contributed by atoms with Gasteiger partial charge in [0.25, 0.3) is 5.91 Å². The van der Waals surface area contributed by atoms with E-state index in [1.165, 1.54) is 32.1 Å². The van der Waals surface area contributed by atoms with Gasteiger partial charge in [0.1, 0.15) is 0 Å². The number of ether oxygens (including phenoxy) is 2. The minimum absolute atomic E-state index is 0.115. The van der Waals surface area contributed by atoms with Gasteiger partial charge >= 0.3 is 0 Å². The Morgan fingerprint density at radius 2 is 1.62 bits per heavy atom. The Balaban J connectivity index is 1.21. The molecule has 0 saturated heterocycles. The first-order chi connectivity index (χ1) is 16.5. The highest BCUT2D eigenvalue weighted by molar-refractivity contribution is 6.31. The lowest BCUT2D eigenvalue weighted by Crippen LogP contribution is -2.54. The number of hydrogen-bond acceptors (Lipinski definition) is 4. The van der Waals surface area contributed by atoms with Crippen LogP contribution in [0.5, 0.6) is 11.5 Å². The molecule has 0 atom stereocenters. The summed E-state index contributed by atoms with van der Waals surface area (Å²) in [7, 11) is 0. The van der Waals surface area contributed by atoms with Crippen molar-refractivity contribution in [1.29, 1.82) is 0 Å². The molecule has 4 aliphatic carbocycles. The summed E-state index contributed by atoms with van der Waals surface area (Å²) in [5, 5.41) is 7.33. The van der Waals surface area contributed by atoms with E-state index >= 15 is 0 Å². The molecule has 5 nitrogen and oxygen atoms in total.